The molecule has 16 heavy (non-hydrogen) atoms. The molecule has 0 unspecified atom stereocenters. The SMILES string of the molecule is CSCC[C@@H](C(=O)NC1CC1)n1cccc1. The van der Waals surface area contributed by atoms with E-state index in [9.17, 15) is 4.79 Å². The molecule has 0 saturated heterocycles. The van der Waals surface area contributed by atoms with Crippen LogP contribution in [0, 0.1) is 0 Å². The Bertz CT molecular complexity index is 333. The van der Waals surface area contributed by atoms with Crippen molar-refractivity contribution in [3.63, 3.8) is 0 Å². The second kappa shape index (κ2) is 5.43. The fraction of sp³-hybridized carbons (Fsp3) is 0.583. The summed E-state index contributed by atoms with van der Waals surface area (Å²) in [4.78, 5) is 12.1. The first-order chi connectivity index (χ1) is 7.81. The molecule has 1 aliphatic carbocycles. The summed E-state index contributed by atoms with van der Waals surface area (Å²) < 4.78 is 2.01. The fourth-order valence-electron chi connectivity index (χ4n) is 1.73. The van der Waals surface area contributed by atoms with Gasteiger partial charge in [-0.25, -0.2) is 0 Å². The van der Waals surface area contributed by atoms with Crippen molar-refractivity contribution in [1.29, 1.82) is 0 Å². The van der Waals surface area contributed by atoms with Crippen LogP contribution in [0.4, 0.5) is 0 Å². The first kappa shape index (κ1) is 11.6. The summed E-state index contributed by atoms with van der Waals surface area (Å²) in [6, 6.07) is 4.34. The third kappa shape index (κ3) is 3.04. The van der Waals surface area contributed by atoms with Gasteiger partial charge in [0, 0.05) is 18.4 Å². The summed E-state index contributed by atoms with van der Waals surface area (Å²) in [6.45, 7) is 0. The maximum Gasteiger partial charge on any atom is 0.243 e. The maximum atomic E-state index is 12.1. The Labute approximate surface area is 101 Å². The van der Waals surface area contributed by atoms with Crippen molar-refractivity contribution in [2.45, 2.75) is 31.3 Å². The predicted octanol–water partition coefficient (Wildman–Crippen LogP) is 2.06. The van der Waals surface area contributed by atoms with Crippen LogP contribution in [0.25, 0.3) is 0 Å². The van der Waals surface area contributed by atoms with Crippen LogP contribution in [-0.2, 0) is 4.79 Å². The van der Waals surface area contributed by atoms with Crippen LogP contribution in [-0.4, -0.2) is 28.5 Å². The number of rotatable bonds is 6. The molecule has 1 aromatic rings. The van der Waals surface area contributed by atoms with E-state index in [1.165, 1.54) is 0 Å². The third-order valence-corrected chi connectivity index (χ3v) is 3.45. The van der Waals surface area contributed by atoms with Gasteiger partial charge < -0.3 is 9.88 Å². The number of nitrogens with zero attached hydrogens (tertiary/aromatic N) is 1. The molecule has 3 nitrogen and oxygen atoms in total. The van der Waals surface area contributed by atoms with Gasteiger partial charge >= 0.3 is 0 Å². The summed E-state index contributed by atoms with van der Waals surface area (Å²) in [6.07, 6.45) is 9.20. The van der Waals surface area contributed by atoms with Gasteiger partial charge in [-0.2, -0.15) is 11.8 Å². The number of hydrogen-bond donors (Lipinski definition) is 1. The molecule has 1 fully saturated rings. The average Bonchev–Trinajstić information content (AvgIpc) is 2.93. The third-order valence-electron chi connectivity index (χ3n) is 2.81. The monoisotopic (exact) mass is 238 g/mol. The van der Waals surface area contributed by atoms with E-state index in [0.29, 0.717) is 6.04 Å². The largest absolute Gasteiger partial charge is 0.352 e. The Morgan fingerprint density at radius 1 is 1.50 bits per heavy atom. The van der Waals surface area contributed by atoms with Crippen LogP contribution in [0.2, 0.25) is 0 Å². The highest BCUT2D eigenvalue weighted by Gasteiger charge is 2.27. The first-order valence-electron chi connectivity index (χ1n) is 5.73. The lowest BCUT2D eigenvalue weighted by Gasteiger charge is -2.18. The van der Waals surface area contributed by atoms with Gasteiger partial charge in [-0.1, -0.05) is 0 Å². The average molecular weight is 238 g/mol. The second-order valence-electron chi connectivity index (χ2n) is 4.21. The Balaban J connectivity index is 1.98. The molecule has 1 atom stereocenters. The van der Waals surface area contributed by atoms with Crippen molar-refractivity contribution >= 4 is 17.7 Å². The highest BCUT2D eigenvalue weighted by molar-refractivity contribution is 7.98. The molecule has 1 N–H and O–H groups in total. The van der Waals surface area contributed by atoms with Crippen molar-refractivity contribution in [2.24, 2.45) is 0 Å². The topological polar surface area (TPSA) is 34.0 Å². The quantitative estimate of drug-likeness (QED) is 0.823. The number of carbonyl (C=O) groups excluding carboxylic acids is 1. The van der Waals surface area contributed by atoms with Crippen molar-refractivity contribution in [3.05, 3.63) is 24.5 Å². The number of hydrogen-bond acceptors (Lipinski definition) is 2. The number of aromatic nitrogens is 1. The van der Waals surface area contributed by atoms with E-state index >= 15 is 0 Å². The number of carbonyl (C=O) groups is 1. The van der Waals surface area contributed by atoms with E-state index < -0.39 is 0 Å². The molecule has 0 aliphatic heterocycles. The van der Waals surface area contributed by atoms with Gasteiger partial charge in [0.25, 0.3) is 0 Å². The normalized spacial score (nSPS) is 17.1. The summed E-state index contributed by atoms with van der Waals surface area (Å²) >= 11 is 1.79. The molecule has 4 heteroatoms. The van der Waals surface area contributed by atoms with E-state index in [1.54, 1.807) is 11.8 Å². The van der Waals surface area contributed by atoms with Crippen LogP contribution in [0.15, 0.2) is 24.5 Å². The molecule has 88 valence electrons. The van der Waals surface area contributed by atoms with Gasteiger partial charge in [0.1, 0.15) is 6.04 Å². The highest BCUT2D eigenvalue weighted by atomic mass is 32.2. The van der Waals surface area contributed by atoms with Crippen molar-refractivity contribution < 1.29 is 4.79 Å². The molecular weight excluding hydrogens is 220 g/mol. The van der Waals surface area contributed by atoms with E-state index in [-0.39, 0.29) is 11.9 Å². The van der Waals surface area contributed by atoms with Gasteiger partial charge in [0.2, 0.25) is 5.91 Å². The number of nitrogens with one attached hydrogen (secondary N) is 1. The molecule has 1 heterocycles. The van der Waals surface area contributed by atoms with Crippen LogP contribution in [0.3, 0.4) is 0 Å². The number of thioether (sulfide) groups is 1. The van der Waals surface area contributed by atoms with Gasteiger partial charge in [-0.3, -0.25) is 4.79 Å². The summed E-state index contributed by atoms with van der Waals surface area (Å²) in [7, 11) is 0. The highest BCUT2D eigenvalue weighted by Crippen LogP contribution is 2.21. The van der Waals surface area contributed by atoms with Gasteiger partial charge in [0.05, 0.1) is 0 Å². The molecule has 1 saturated carbocycles. The Kier molecular flexibility index (Phi) is 3.93. The fourth-order valence-corrected chi connectivity index (χ4v) is 2.18. The zero-order valence-electron chi connectivity index (χ0n) is 9.56. The van der Waals surface area contributed by atoms with Crippen molar-refractivity contribution in [1.82, 2.24) is 9.88 Å². The molecule has 0 aromatic carbocycles. The lowest BCUT2D eigenvalue weighted by atomic mass is 10.2. The summed E-state index contributed by atoms with van der Waals surface area (Å²) in [5.74, 6) is 1.19. The lowest BCUT2D eigenvalue weighted by Crippen LogP contribution is -2.33. The van der Waals surface area contributed by atoms with Gasteiger partial charge in [-0.05, 0) is 43.4 Å². The van der Waals surface area contributed by atoms with E-state index in [4.69, 9.17) is 0 Å². The molecule has 0 spiro atoms. The predicted molar refractivity (Wildman–Crippen MR) is 67.6 cm³/mol. The molecular formula is C12H18N2OS. The standard InChI is InChI=1S/C12H18N2OS/c1-16-9-6-11(14-7-2-3-8-14)12(15)13-10-4-5-10/h2-3,7-8,10-11H,4-6,9H2,1H3,(H,13,15)/t11-/m0/s1. The minimum atomic E-state index is -0.0388. The molecule has 2 rings (SSSR count). The Morgan fingerprint density at radius 3 is 2.75 bits per heavy atom. The van der Waals surface area contributed by atoms with E-state index in [0.717, 1.165) is 25.0 Å². The molecule has 0 bridgehead atoms. The number of amides is 1. The minimum Gasteiger partial charge on any atom is -0.352 e. The van der Waals surface area contributed by atoms with E-state index in [2.05, 4.69) is 11.6 Å². The zero-order chi connectivity index (χ0) is 11.4. The molecule has 1 aromatic heterocycles. The summed E-state index contributed by atoms with van der Waals surface area (Å²) in [5, 5.41) is 3.08. The van der Waals surface area contributed by atoms with Crippen LogP contribution >= 0.6 is 11.8 Å². The van der Waals surface area contributed by atoms with Crippen LogP contribution in [0.1, 0.15) is 25.3 Å². The van der Waals surface area contributed by atoms with E-state index in [1.807, 2.05) is 29.1 Å². The molecule has 1 amide bonds. The first-order valence-corrected chi connectivity index (χ1v) is 7.12. The Hall–Kier alpha value is -0.900. The van der Waals surface area contributed by atoms with Crippen molar-refractivity contribution in [3.8, 4) is 0 Å². The smallest absolute Gasteiger partial charge is 0.243 e. The van der Waals surface area contributed by atoms with Gasteiger partial charge in [0.15, 0.2) is 0 Å². The van der Waals surface area contributed by atoms with Gasteiger partial charge in [-0.15, -0.1) is 0 Å². The van der Waals surface area contributed by atoms with Crippen molar-refractivity contribution in [2.75, 3.05) is 12.0 Å². The lowest BCUT2D eigenvalue weighted by molar-refractivity contribution is -0.124. The maximum absolute atomic E-state index is 12.1. The minimum absolute atomic E-state index is 0.0388. The molecule has 1 aliphatic rings. The Morgan fingerprint density at radius 2 is 2.19 bits per heavy atom. The second-order valence-corrected chi connectivity index (χ2v) is 5.20. The summed E-state index contributed by atoms with van der Waals surface area (Å²) in [5.41, 5.74) is 0. The van der Waals surface area contributed by atoms with Crippen LogP contribution in [0.5, 0.6) is 0 Å². The zero-order valence-corrected chi connectivity index (χ0v) is 10.4. The molecule has 0 radical (unpaired) electrons. The van der Waals surface area contributed by atoms with Crippen LogP contribution < -0.4 is 5.32 Å².